The highest BCUT2D eigenvalue weighted by molar-refractivity contribution is 6.02. The lowest BCUT2D eigenvalue weighted by molar-refractivity contribution is 0.318. The van der Waals surface area contributed by atoms with Gasteiger partial charge in [0.2, 0.25) is 0 Å². The van der Waals surface area contributed by atoms with Crippen molar-refractivity contribution in [3.8, 4) is 0 Å². The Morgan fingerprint density at radius 3 is 3.23 bits per heavy atom. The summed E-state index contributed by atoms with van der Waals surface area (Å²) in [4.78, 5) is 0. The van der Waals surface area contributed by atoms with Crippen LogP contribution in [0.25, 0.3) is 5.65 Å². The Morgan fingerprint density at radius 2 is 2.46 bits per heavy atom. The van der Waals surface area contributed by atoms with E-state index >= 15 is 0 Å². The van der Waals surface area contributed by atoms with Gasteiger partial charge in [-0.1, -0.05) is 5.16 Å². The van der Waals surface area contributed by atoms with E-state index in [2.05, 4.69) is 15.4 Å². The van der Waals surface area contributed by atoms with E-state index in [1.807, 2.05) is 0 Å². The van der Waals surface area contributed by atoms with Crippen molar-refractivity contribution in [1.29, 1.82) is 0 Å². The molecule has 0 saturated carbocycles. The number of hydrogen-bond donors (Lipinski definition) is 2. The van der Waals surface area contributed by atoms with E-state index in [9.17, 15) is 0 Å². The van der Waals surface area contributed by atoms with Crippen LogP contribution in [0, 0.1) is 0 Å². The molecule has 0 fully saturated rings. The number of rotatable bonds is 1. The largest absolute Gasteiger partial charge is 0.409 e. The van der Waals surface area contributed by atoms with Gasteiger partial charge in [-0.25, -0.2) is 0 Å². The third kappa shape index (κ3) is 1.08. The minimum Gasteiger partial charge on any atom is -0.409 e. The normalized spacial score (nSPS) is 12.2. The molecule has 0 aromatic carbocycles. The highest BCUT2D eigenvalue weighted by Gasteiger charge is 2.06. The van der Waals surface area contributed by atoms with Crippen molar-refractivity contribution in [3.05, 3.63) is 30.2 Å². The summed E-state index contributed by atoms with van der Waals surface area (Å²) in [6.07, 6.45) is 3.33. The second-order valence-corrected chi connectivity index (χ2v) is 2.47. The van der Waals surface area contributed by atoms with Gasteiger partial charge in [0.25, 0.3) is 0 Å². The molecule has 66 valence electrons. The van der Waals surface area contributed by atoms with Gasteiger partial charge in [0.1, 0.15) is 6.33 Å². The molecule has 2 aromatic heterocycles. The van der Waals surface area contributed by atoms with E-state index in [1.54, 1.807) is 29.1 Å². The van der Waals surface area contributed by atoms with Crippen molar-refractivity contribution in [2.24, 2.45) is 10.9 Å². The van der Waals surface area contributed by atoms with Crippen LogP contribution in [0.15, 0.2) is 29.8 Å². The van der Waals surface area contributed by atoms with E-state index in [0.717, 1.165) is 0 Å². The Morgan fingerprint density at radius 1 is 1.62 bits per heavy atom. The molecule has 2 rings (SSSR count). The lowest BCUT2D eigenvalue weighted by Gasteiger charge is -1.98. The summed E-state index contributed by atoms with van der Waals surface area (Å²) in [5, 5.41) is 18.9. The molecule has 0 bridgehead atoms. The smallest absolute Gasteiger partial charge is 0.173 e. The molecule has 6 nitrogen and oxygen atoms in total. The highest BCUT2D eigenvalue weighted by atomic mass is 16.4. The fourth-order valence-electron chi connectivity index (χ4n) is 1.10. The number of amidine groups is 1. The third-order valence-electron chi connectivity index (χ3n) is 1.71. The van der Waals surface area contributed by atoms with Crippen LogP contribution in [0.4, 0.5) is 0 Å². The van der Waals surface area contributed by atoms with Gasteiger partial charge in [-0.2, -0.15) is 0 Å². The summed E-state index contributed by atoms with van der Waals surface area (Å²) in [7, 11) is 0. The Kier molecular flexibility index (Phi) is 1.59. The van der Waals surface area contributed by atoms with Crippen LogP contribution in [-0.2, 0) is 0 Å². The number of oxime groups is 1. The topological polar surface area (TPSA) is 88.8 Å². The van der Waals surface area contributed by atoms with E-state index in [0.29, 0.717) is 11.2 Å². The molecule has 0 saturated heterocycles. The van der Waals surface area contributed by atoms with Crippen LogP contribution >= 0.6 is 0 Å². The molecular formula is C7H7N5O. The standard InChI is InChI=1S/C7H7N5O/c8-6(11-13)5-2-1-3-12-4-9-10-7(5)12/h1-4,13H,(H2,8,11). The van der Waals surface area contributed by atoms with Gasteiger partial charge in [0, 0.05) is 6.20 Å². The average molecular weight is 177 g/mol. The first-order chi connectivity index (χ1) is 6.33. The second kappa shape index (κ2) is 2.74. The van der Waals surface area contributed by atoms with Crippen LogP contribution in [0.1, 0.15) is 5.56 Å². The van der Waals surface area contributed by atoms with E-state index in [-0.39, 0.29) is 5.84 Å². The third-order valence-corrected chi connectivity index (χ3v) is 1.71. The predicted molar refractivity (Wildman–Crippen MR) is 45.5 cm³/mol. The van der Waals surface area contributed by atoms with Crippen molar-refractivity contribution in [2.75, 3.05) is 0 Å². The molecule has 0 aliphatic heterocycles. The number of nitrogens with two attached hydrogens (primary N) is 1. The van der Waals surface area contributed by atoms with Crippen LogP contribution in [0.3, 0.4) is 0 Å². The highest BCUT2D eigenvalue weighted by Crippen LogP contribution is 2.06. The molecule has 0 aliphatic carbocycles. The van der Waals surface area contributed by atoms with E-state index in [4.69, 9.17) is 10.9 Å². The van der Waals surface area contributed by atoms with Gasteiger partial charge in [-0.3, -0.25) is 4.40 Å². The first kappa shape index (κ1) is 7.53. The fourth-order valence-corrected chi connectivity index (χ4v) is 1.10. The molecule has 2 heterocycles. The molecule has 2 aromatic rings. The number of aromatic nitrogens is 3. The van der Waals surface area contributed by atoms with Crippen LogP contribution in [-0.4, -0.2) is 25.6 Å². The Hall–Kier alpha value is -2.11. The molecule has 0 amide bonds. The molecule has 0 unspecified atom stereocenters. The van der Waals surface area contributed by atoms with Crippen LogP contribution in [0.5, 0.6) is 0 Å². The molecule has 0 radical (unpaired) electrons. The number of nitrogens with zero attached hydrogens (tertiary/aromatic N) is 4. The lowest BCUT2D eigenvalue weighted by atomic mass is 10.2. The predicted octanol–water partition coefficient (Wildman–Crippen LogP) is -0.176. The zero-order valence-corrected chi connectivity index (χ0v) is 6.62. The van der Waals surface area contributed by atoms with E-state index < -0.39 is 0 Å². The van der Waals surface area contributed by atoms with Crippen molar-refractivity contribution >= 4 is 11.5 Å². The molecule has 6 heteroatoms. The van der Waals surface area contributed by atoms with Gasteiger partial charge in [0.15, 0.2) is 11.5 Å². The molecule has 0 spiro atoms. The summed E-state index contributed by atoms with van der Waals surface area (Å²) in [5.41, 5.74) is 6.56. The maximum atomic E-state index is 8.49. The molecule has 3 N–H and O–H groups in total. The molecule has 0 aliphatic rings. The summed E-state index contributed by atoms with van der Waals surface area (Å²) in [5.74, 6) is 0.0265. The molecular weight excluding hydrogens is 170 g/mol. The first-order valence-electron chi connectivity index (χ1n) is 3.59. The van der Waals surface area contributed by atoms with Crippen molar-refractivity contribution in [1.82, 2.24) is 14.6 Å². The van der Waals surface area contributed by atoms with Crippen molar-refractivity contribution in [2.45, 2.75) is 0 Å². The Balaban J connectivity index is 2.75. The summed E-state index contributed by atoms with van der Waals surface area (Å²) in [6.45, 7) is 0. The van der Waals surface area contributed by atoms with Gasteiger partial charge >= 0.3 is 0 Å². The van der Waals surface area contributed by atoms with Crippen LogP contribution in [0.2, 0.25) is 0 Å². The zero-order chi connectivity index (χ0) is 9.26. The van der Waals surface area contributed by atoms with Gasteiger partial charge in [-0.15, -0.1) is 10.2 Å². The number of fused-ring (bicyclic) bond motifs is 1. The van der Waals surface area contributed by atoms with Crippen LogP contribution < -0.4 is 5.73 Å². The maximum Gasteiger partial charge on any atom is 0.173 e. The summed E-state index contributed by atoms with van der Waals surface area (Å²) >= 11 is 0. The second-order valence-electron chi connectivity index (χ2n) is 2.47. The number of pyridine rings is 1. The summed E-state index contributed by atoms with van der Waals surface area (Å²) < 4.78 is 1.69. The van der Waals surface area contributed by atoms with Crippen molar-refractivity contribution in [3.63, 3.8) is 0 Å². The summed E-state index contributed by atoms with van der Waals surface area (Å²) in [6, 6.07) is 3.48. The monoisotopic (exact) mass is 177 g/mol. The Bertz CT molecular complexity index is 461. The van der Waals surface area contributed by atoms with Gasteiger partial charge < -0.3 is 10.9 Å². The molecule has 0 atom stereocenters. The average Bonchev–Trinajstić information content (AvgIpc) is 2.63. The maximum absolute atomic E-state index is 8.49. The Labute approximate surface area is 73.3 Å². The zero-order valence-electron chi connectivity index (χ0n) is 6.62. The lowest BCUT2D eigenvalue weighted by Crippen LogP contribution is -2.14. The quantitative estimate of drug-likeness (QED) is 0.274. The van der Waals surface area contributed by atoms with Crippen molar-refractivity contribution < 1.29 is 5.21 Å². The fraction of sp³-hybridized carbons (Fsp3) is 0. The minimum atomic E-state index is 0.0265. The molecule has 13 heavy (non-hydrogen) atoms. The SMILES string of the molecule is N/C(=N/O)c1cccn2cnnc12. The van der Waals surface area contributed by atoms with Gasteiger partial charge in [-0.05, 0) is 12.1 Å². The van der Waals surface area contributed by atoms with Gasteiger partial charge in [0.05, 0.1) is 5.56 Å². The number of hydrogen-bond acceptors (Lipinski definition) is 4. The first-order valence-corrected chi connectivity index (χ1v) is 3.59. The minimum absolute atomic E-state index is 0.0265. The van der Waals surface area contributed by atoms with E-state index in [1.165, 1.54) is 0 Å².